The van der Waals surface area contributed by atoms with Crippen molar-refractivity contribution < 1.29 is 18.0 Å². The van der Waals surface area contributed by atoms with Gasteiger partial charge in [-0.1, -0.05) is 20.3 Å². The normalized spacial score (nSPS) is 14.0. The van der Waals surface area contributed by atoms with Crippen LogP contribution in [0.25, 0.3) is 0 Å². The highest BCUT2D eigenvalue weighted by molar-refractivity contribution is 7.89. The van der Waals surface area contributed by atoms with Gasteiger partial charge in [0, 0.05) is 11.7 Å². The minimum absolute atomic E-state index is 0.105. The number of benzene rings is 1. The van der Waals surface area contributed by atoms with E-state index in [9.17, 15) is 18.0 Å². The molecule has 1 aromatic rings. The first-order chi connectivity index (χ1) is 11.6. The monoisotopic (exact) mass is 370 g/mol. The van der Waals surface area contributed by atoms with Crippen molar-refractivity contribution in [1.29, 1.82) is 0 Å². The average Bonchev–Trinajstić information content (AvgIpc) is 2.51. The van der Waals surface area contributed by atoms with Crippen LogP contribution in [0.4, 0.5) is 10.5 Å². The van der Waals surface area contributed by atoms with Gasteiger partial charge in [0.2, 0.25) is 15.9 Å². The summed E-state index contributed by atoms with van der Waals surface area (Å²) in [6, 6.07) is 4.02. The van der Waals surface area contributed by atoms with Gasteiger partial charge in [-0.25, -0.2) is 17.9 Å². The lowest BCUT2D eigenvalue weighted by Gasteiger charge is -2.22. The molecule has 1 rings (SSSR count). The lowest BCUT2D eigenvalue weighted by atomic mass is 9.98. The van der Waals surface area contributed by atoms with Crippen molar-refractivity contribution in [2.75, 3.05) is 5.32 Å². The number of carbonyl (C=O) groups is 2. The van der Waals surface area contributed by atoms with Crippen LogP contribution >= 0.6 is 0 Å². The third-order valence-corrected chi connectivity index (χ3v) is 5.29. The summed E-state index contributed by atoms with van der Waals surface area (Å²) in [7, 11) is -3.59. The minimum atomic E-state index is -3.59. The van der Waals surface area contributed by atoms with Crippen molar-refractivity contribution in [2.24, 2.45) is 11.7 Å². The number of nitrogens with one attached hydrogen (secondary N) is 3. The molecule has 140 valence electrons. The summed E-state index contributed by atoms with van der Waals surface area (Å²) in [6.45, 7) is 7.18. The fourth-order valence-electron chi connectivity index (χ4n) is 2.17. The third kappa shape index (κ3) is 6.35. The first kappa shape index (κ1) is 20.9. The van der Waals surface area contributed by atoms with E-state index in [1.54, 1.807) is 13.8 Å². The van der Waals surface area contributed by atoms with E-state index < -0.39 is 28.0 Å². The molecule has 0 aliphatic heterocycles. The zero-order valence-corrected chi connectivity index (χ0v) is 15.7. The SMILES string of the molecule is CC[C@H](C)[C@@H](NC(N)=O)C(=O)Nc1ccc(S(=O)(=O)NC(C)C)cc1. The van der Waals surface area contributed by atoms with Gasteiger partial charge >= 0.3 is 6.03 Å². The van der Waals surface area contributed by atoms with E-state index in [0.717, 1.165) is 0 Å². The van der Waals surface area contributed by atoms with Gasteiger partial charge in [-0.3, -0.25) is 4.79 Å². The molecule has 0 aromatic heterocycles. The fraction of sp³-hybridized carbons (Fsp3) is 0.500. The van der Waals surface area contributed by atoms with Crippen LogP contribution in [0.1, 0.15) is 34.1 Å². The molecule has 0 bridgehead atoms. The number of primary amides is 1. The lowest BCUT2D eigenvalue weighted by Crippen LogP contribution is -2.49. The van der Waals surface area contributed by atoms with Crippen molar-refractivity contribution in [1.82, 2.24) is 10.0 Å². The summed E-state index contributed by atoms with van der Waals surface area (Å²) in [6.07, 6.45) is 0.677. The Labute approximate surface area is 148 Å². The van der Waals surface area contributed by atoms with Gasteiger partial charge in [0.15, 0.2) is 0 Å². The quantitative estimate of drug-likeness (QED) is 0.551. The number of urea groups is 1. The molecular formula is C16H26N4O4S. The van der Waals surface area contributed by atoms with Crippen LogP contribution in [0.3, 0.4) is 0 Å². The van der Waals surface area contributed by atoms with Crippen LogP contribution in [0, 0.1) is 5.92 Å². The summed E-state index contributed by atoms with van der Waals surface area (Å²) in [5.41, 5.74) is 5.54. The average molecular weight is 370 g/mol. The van der Waals surface area contributed by atoms with Crippen LogP contribution in [0.15, 0.2) is 29.2 Å². The van der Waals surface area contributed by atoms with Gasteiger partial charge in [-0.15, -0.1) is 0 Å². The van der Waals surface area contributed by atoms with E-state index in [1.807, 2.05) is 13.8 Å². The summed E-state index contributed by atoms with van der Waals surface area (Å²) < 4.78 is 26.6. The molecular weight excluding hydrogens is 344 g/mol. The van der Waals surface area contributed by atoms with E-state index in [1.165, 1.54) is 24.3 Å². The second kappa shape index (κ2) is 8.82. The Balaban J connectivity index is 2.89. The van der Waals surface area contributed by atoms with Gasteiger partial charge in [0.1, 0.15) is 6.04 Å². The molecule has 0 saturated carbocycles. The zero-order chi connectivity index (χ0) is 19.2. The lowest BCUT2D eigenvalue weighted by molar-refractivity contribution is -0.119. The predicted molar refractivity (Wildman–Crippen MR) is 96.5 cm³/mol. The Hall–Kier alpha value is -2.13. The Morgan fingerprint density at radius 3 is 2.12 bits per heavy atom. The molecule has 0 heterocycles. The molecule has 0 radical (unpaired) electrons. The number of carbonyl (C=O) groups excluding carboxylic acids is 2. The Kier molecular flexibility index (Phi) is 7.38. The Morgan fingerprint density at radius 1 is 1.12 bits per heavy atom. The summed E-state index contributed by atoms with van der Waals surface area (Å²) in [4.78, 5) is 23.6. The van der Waals surface area contributed by atoms with Crippen LogP contribution in [0.5, 0.6) is 0 Å². The largest absolute Gasteiger partial charge is 0.352 e. The summed E-state index contributed by atoms with van der Waals surface area (Å²) >= 11 is 0. The van der Waals surface area contributed by atoms with E-state index in [-0.39, 0.29) is 16.9 Å². The van der Waals surface area contributed by atoms with Crippen molar-refractivity contribution in [3.63, 3.8) is 0 Å². The van der Waals surface area contributed by atoms with Gasteiger partial charge in [0.25, 0.3) is 0 Å². The van der Waals surface area contributed by atoms with Gasteiger partial charge in [0.05, 0.1) is 4.90 Å². The summed E-state index contributed by atoms with van der Waals surface area (Å²) in [5, 5.41) is 5.09. The highest BCUT2D eigenvalue weighted by Gasteiger charge is 2.25. The number of sulfonamides is 1. The number of amides is 3. The molecule has 0 unspecified atom stereocenters. The van der Waals surface area contributed by atoms with E-state index >= 15 is 0 Å². The van der Waals surface area contributed by atoms with Gasteiger partial charge < -0.3 is 16.4 Å². The second-order valence-electron chi connectivity index (χ2n) is 6.16. The third-order valence-electron chi connectivity index (χ3n) is 3.62. The molecule has 9 heteroatoms. The van der Waals surface area contributed by atoms with Crippen LogP contribution in [-0.2, 0) is 14.8 Å². The predicted octanol–water partition coefficient (Wildman–Crippen LogP) is 1.39. The molecule has 0 aliphatic rings. The number of rotatable bonds is 8. The molecule has 0 spiro atoms. The maximum absolute atomic E-state index is 12.4. The first-order valence-electron chi connectivity index (χ1n) is 8.06. The highest BCUT2D eigenvalue weighted by Crippen LogP contribution is 2.16. The number of hydrogen-bond acceptors (Lipinski definition) is 4. The molecule has 5 N–H and O–H groups in total. The van der Waals surface area contributed by atoms with E-state index in [4.69, 9.17) is 5.73 Å². The van der Waals surface area contributed by atoms with E-state index in [2.05, 4.69) is 15.4 Å². The van der Waals surface area contributed by atoms with Crippen molar-refractivity contribution in [3.8, 4) is 0 Å². The van der Waals surface area contributed by atoms with Crippen molar-refractivity contribution in [2.45, 2.75) is 51.1 Å². The topological polar surface area (TPSA) is 130 Å². The molecule has 3 amide bonds. The first-order valence-corrected chi connectivity index (χ1v) is 9.54. The molecule has 1 aromatic carbocycles. The van der Waals surface area contributed by atoms with Crippen molar-refractivity contribution in [3.05, 3.63) is 24.3 Å². The maximum Gasteiger partial charge on any atom is 0.312 e. The maximum atomic E-state index is 12.4. The Bertz CT molecular complexity index is 701. The summed E-state index contributed by atoms with van der Waals surface area (Å²) in [5.74, 6) is -0.522. The molecule has 8 nitrogen and oxygen atoms in total. The van der Waals surface area contributed by atoms with Crippen LogP contribution in [0.2, 0.25) is 0 Å². The van der Waals surface area contributed by atoms with Crippen molar-refractivity contribution >= 4 is 27.6 Å². The minimum Gasteiger partial charge on any atom is -0.352 e. The van der Waals surface area contributed by atoms with Crippen LogP contribution < -0.4 is 21.1 Å². The molecule has 0 saturated heterocycles. The molecule has 25 heavy (non-hydrogen) atoms. The zero-order valence-electron chi connectivity index (χ0n) is 14.9. The highest BCUT2D eigenvalue weighted by atomic mass is 32.2. The molecule has 0 fully saturated rings. The smallest absolute Gasteiger partial charge is 0.312 e. The van der Waals surface area contributed by atoms with E-state index in [0.29, 0.717) is 12.1 Å². The molecule has 2 atom stereocenters. The van der Waals surface area contributed by atoms with Gasteiger partial charge in [-0.05, 0) is 44.0 Å². The number of nitrogens with two attached hydrogens (primary N) is 1. The van der Waals surface area contributed by atoms with Gasteiger partial charge in [-0.2, -0.15) is 0 Å². The fourth-order valence-corrected chi connectivity index (χ4v) is 3.42. The number of anilines is 1. The second-order valence-corrected chi connectivity index (χ2v) is 7.88. The van der Waals surface area contributed by atoms with Crippen LogP contribution in [-0.4, -0.2) is 32.4 Å². The standard InChI is InChI=1S/C16H26N4O4S/c1-5-11(4)14(19-16(17)22)15(21)18-12-6-8-13(9-7-12)25(23,24)20-10(2)3/h6-11,14,20H,5H2,1-4H3,(H,18,21)(H3,17,19,22)/t11-,14+/m0/s1. The Morgan fingerprint density at radius 2 is 1.68 bits per heavy atom. The number of hydrogen-bond donors (Lipinski definition) is 4. The molecule has 0 aliphatic carbocycles.